The van der Waals surface area contributed by atoms with Gasteiger partial charge in [-0.1, -0.05) is 6.92 Å². The maximum absolute atomic E-state index is 4.29. The molecule has 0 radical (unpaired) electrons. The average Bonchev–Trinajstić information content (AvgIpc) is 2.72. The lowest BCUT2D eigenvalue weighted by Gasteiger charge is -2.29. The van der Waals surface area contributed by atoms with Gasteiger partial charge in [-0.2, -0.15) is 0 Å². The first-order valence-corrected chi connectivity index (χ1v) is 7.48. The summed E-state index contributed by atoms with van der Waals surface area (Å²) in [4.78, 5) is 2.54. The van der Waals surface area contributed by atoms with Crippen molar-refractivity contribution < 1.29 is 0 Å². The van der Waals surface area contributed by atoms with Gasteiger partial charge in [0.05, 0.1) is 6.54 Å². The molecule has 1 aliphatic rings. The Hall–Kier alpha value is -0.940. The van der Waals surface area contributed by atoms with E-state index in [0.717, 1.165) is 30.7 Å². The van der Waals surface area contributed by atoms with E-state index in [-0.39, 0.29) is 0 Å². The van der Waals surface area contributed by atoms with E-state index >= 15 is 0 Å². The van der Waals surface area contributed by atoms with Gasteiger partial charge in [0, 0.05) is 13.6 Å². The molecular formula is C14H27N5. The molecule has 2 heterocycles. The third kappa shape index (κ3) is 4.01. The lowest BCUT2D eigenvalue weighted by atomic mass is 9.97. The molecule has 1 saturated heterocycles. The molecule has 1 fully saturated rings. The fourth-order valence-corrected chi connectivity index (χ4v) is 2.77. The Kier molecular flexibility index (Phi) is 5.34. The van der Waals surface area contributed by atoms with Gasteiger partial charge in [0.2, 0.25) is 0 Å². The van der Waals surface area contributed by atoms with Gasteiger partial charge in [-0.05, 0) is 51.7 Å². The summed E-state index contributed by atoms with van der Waals surface area (Å²) in [7, 11) is 2.05. The summed E-state index contributed by atoms with van der Waals surface area (Å²) >= 11 is 0. The van der Waals surface area contributed by atoms with Gasteiger partial charge < -0.3 is 9.88 Å². The lowest BCUT2D eigenvalue weighted by molar-refractivity contribution is 0.193. The summed E-state index contributed by atoms with van der Waals surface area (Å²) in [6, 6.07) is 0. The Morgan fingerprint density at radius 2 is 2.05 bits per heavy atom. The highest BCUT2D eigenvalue weighted by Gasteiger charge is 2.18. The zero-order valence-electron chi connectivity index (χ0n) is 12.5. The fourth-order valence-electron chi connectivity index (χ4n) is 2.77. The number of piperidine rings is 1. The SMILES string of the molecule is CCCN(Cc1nnc(C)n1C)CC1CCNCC1. The summed E-state index contributed by atoms with van der Waals surface area (Å²) in [5.41, 5.74) is 0. The van der Waals surface area contributed by atoms with Crippen molar-refractivity contribution in [3.8, 4) is 0 Å². The first-order chi connectivity index (χ1) is 9.20. The van der Waals surface area contributed by atoms with Gasteiger partial charge >= 0.3 is 0 Å². The van der Waals surface area contributed by atoms with Crippen LogP contribution in [0.15, 0.2) is 0 Å². The van der Waals surface area contributed by atoms with Crippen LogP contribution in [0.4, 0.5) is 0 Å². The number of hydrogen-bond donors (Lipinski definition) is 1. The third-order valence-electron chi connectivity index (χ3n) is 4.06. The van der Waals surface area contributed by atoms with E-state index in [1.54, 1.807) is 0 Å². The van der Waals surface area contributed by atoms with Crippen molar-refractivity contribution in [1.29, 1.82) is 0 Å². The van der Waals surface area contributed by atoms with E-state index in [1.807, 2.05) is 6.92 Å². The smallest absolute Gasteiger partial charge is 0.146 e. The van der Waals surface area contributed by atoms with Gasteiger partial charge in [-0.15, -0.1) is 10.2 Å². The van der Waals surface area contributed by atoms with E-state index in [4.69, 9.17) is 0 Å². The summed E-state index contributed by atoms with van der Waals surface area (Å²) in [5, 5.41) is 11.9. The Labute approximate surface area is 116 Å². The second-order valence-electron chi connectivity index (χ2n) is 5.65. The molecule has 1 aromatic heterocycles. The highest BCUT2D eigenvalue weighted by molar-refractivity contribution is 4.92. The fraction of sp³-hybridized carbons (Fsp3) is 0.857. The van der Waals surface area contributed by atoms with Crippen LogP contribution in [0.3, 0.4) is 0 Å². The predicted octanol–water partition coefficient (Wildman–Crippen LogP) is 1.34. The molecule has 0 bridgehead atoms. The van der Waals surface area contributed by atoms with Crippen LogP contribution < -0.4 is 5.32 Å². The maximum Gasteiger partial charge on any atom is 0.146 e. The number of aromatic nitrogens is 3. The first-order valence-electron chi connectivity index (χ1n) is 7.48. The molecule has 0 saturated carbocycles. The molecule has 0 spiro atoms. The van der Waals surface area contributed by atoms with Crippen molar-refractivity contribution in [1.82, 2.24) is 25.0 Å². The Morgan fingerprint density at radius 3 is 2.63 bits per heavy atom. The van der Waals surface area contributed by atoms with Crippen LogP contribution >= 0.6 is 0 Å². The molecule has 1 N–H and O–H groups in total. The monoisotopic (exact) mass is 265 g/mol. The number of nitrogens with zero attached hydrogens (tertiary/aromatic N) is 4. The van der Waals surface area contributed by atoms with Gasteiger partial charge in [0.15, 0.2) is 0 Å². The average molecular weight is 265 g/mol. The molecule has 0 amide bonds. The molecule has 2 rings (SSSR count). The van der Waals surface area contributed by atoms with Crippen LogP contribution in [0.25, 0.3) is 0 Å². The minimum atomic E-state index is 0.835. The second kappa shape index (κ2) is 7.01. The van der Waals surface area contributed by atoms with Gasteiger partial charge in [-0.25, -0.2) is 0 Å². The van der Waals surface area contributed by atoms with Gasteiger partial charge in [0.25, 0.3) is 0 Å². The minimum Gasteiger partial charge on any atom is -0.317 e. The summed E-state index contributed by atoms with van der Waals surface area (Å²) in [5.74, 6) is 2.91. The quantitative estimate of drug-likeness (QED) is 0.843. The van der Waals surface area contributed by atoms with Crippen LogP contribution in [0.1, 0.15) is 37.8 Å². The largest absolute Gasteiger partial charge is 0.317 e. The topological polar surface area (TPSA) is 46.0 Å². The van der Waals surface area contributed by atoms with Crippen molar-refractivity contribution in [2.24, 2.45) is 13.0 Å². The Balaban J connectivity index is 1.93. The lowest BCUT2D eigenvalue weighted by Crippen LogP contribution is -2.36. The summed E-state index contributed by atoms with van der Waals surface area (Å²) in [6.45, 7) is 9.87. The van der Waals surface area contributed by atoms with Crippen molar-refractivity contribution in [3.63, 3.8) is 0 Å². The zero-order valence-corrected chi connectivity index (χ0v) is 12.5. The second-order valence-corrected chi connectivity index (χ2v) is 5.65. The Morgan fingerprint density at radius 1 is 1.32 bits per heavy atom. The number of hydrogen-bond acceptors (Lipinski definition) is 4. The predicted molar refractivity (Wildman–Crippen MR) is 76.9 cm³/mol. The van der Waals surface area contributed by atoms with Crippen molar-refractivity contribution in [2.45, 2.75) is 39.7 Å². The molecule has 0 atom stereocenters. The number of rotatable bonds is 6. The van der Waals surface area contributed by atoms with Crippen molar-refractivity contribution in [3.05, 3.63) is 11.6 Å². The highest BCUT2D eigenvalue weighted by atomic mass is 15.3. The van der Waals surface area contributed by atoms with Crippen LogP contribution in [0.2, 0.25) is 0 Å². The molecule has 0 aliphatic carbocycles. The normalized spacial score (nSPS) is 17.3. The zero-order chi connectivity index (χ0) is 13.7. The summed E-state index contributed by atoms with van der Waals surface area (Å²) < 4.78 is 2.10. The standard InChI is InChI=1S/C14H27N5/c1-4-9-19(10-13-5-7-15-8-6-13)11-14-17-16-12(2)18(14)3/h13,15H,4-11H2,1-3H3. The molecular weight excluding hydrogens is 238 g/mol. The van der Waals surface area contributed by atoms with E-state index in [9.17, 15) is 0 Å². The molecule has 1 aliphatic heterocycles. The van der Waals surface area contributed by atoms with E-state index in [1.165, 1.54) is 38.9 Å². The third-order valence-corrected chi connectivity index (χ3v) is 4.06. The molecule has 5 nitrogen and oxygen atoms in total. The molecule has 5 heteroatoms. The van der Waals surface area contributed by atoms with Gasteiger partial charge in [0.1, 0.15) is 11.6 Å². The van der Waals surface area contributed by atoms with Crippen LogP contribution in [0.5, 0.6) is 0 Å². The molecule has 19 heavy (non-hydrogen) atoms. The van der Waals surface area contributed by atoms with Crippen molar-refractivity contribution >= 4 is 0 Å². The molecule has 1 aromatic rings. The van der Waals surface area contributed by atoms with Crippen LogP contribution in [-0.4, -0.2) is 45.8 Å². The van der Waals surface area contributed by atoms with Crippen LogP contribution in [-0.2, 0) is 13.6 Å². The molecule has 108 valence electrons. The van der Waals surface area contributed by atoms with E-state index < -0.39 is 0 Å². The number of nitrogens with one attached hydrogen (secondary N) is 1. The maximum atomic E-state index is 4.29. The summed E-state index contributed by atoms with van der Waals surface area (Å²) in [6.07, 6.45) is 3.80. The molecule has 0 aromatic carbocycles. The van der Waals surface area contributed by atoms with Crippen LogP contribution in [0, 0.1) is 12.8 Å². The highest BCUT2D eigenvalue weighted by Crippen LogP contribution is 2.15. The van der Waals surface area contributed by atoms with Gasteiger partial charge in [-0.3, -0.25) is 4.90 Å². The van der Waals surface area contributed by atoms with E-state index in [0.29, 0.717) is 0 Å². The minimum absolute atomic E-state index is 0.835. The Bertz CT molecular complexity index is 381. The van der Waals surface area contributed by atoms with Crippen molar-refractivity contribution in [2.75, 3.05) is 26.2 Å². The molecule has 0 unspecified atom stereocenters. The van der Waals surface area contributed by atoms with E-state index in [2.05, 4.69) is 39.0 Å². The number of aryl methyl sites for hydroxylation is 1. The first kappa shape index (κ1) is 14.5.